The van der Waals surface area contributed by atoms with E-state index in [-0.39, 0.29) is 5.75 Å². The van der Waals surface area contributed by atoms with Gasteiger partial charge in [-0.2, -0.15) is 0 Å². The lowest BCUT2D eigenvalue weighted by Crippen LogP contribution is -2.00. The molecule has 0 unspecified atom stereocenters. The predicted octanol–water partition coefficient (Wildman–Crippen LogP) is 3.10. The van der Waals surface area contributed by atoms with Crippen LogP contribution in [0.15, 0.2) is 18.2 Å². The lowest BCUT2D eigenvalue weighted by Gasteiger charge is -2.01. The van der Waals surface area contributed by atoms with E-state index in [1.807, 2.05) is 0 Å². The molecule has 0 fully saturated rings. The molecule has 0 atom stereocenters. The van der Waals surface area contributed by atoms with Crippen LogP contribution in [0.5, 0.6) is 0 Å². The van der Waals surface area contributed by atoms with E-state index in [0.717, 1.165) is 5.56 Å². The highest BCUT2D eigenvalue weighted by Gasteiger charge is 2.06. The van der Waals surface area contributed by atoms with Crippen molar-refractivity contribution in [2.45, 2.75) is 6.42 Å². The highest BCUT2D eigenvalue weighted by molar-refractivity contribution is 8.13. The van der Waals surface area contributed by atoms with Crippen LogP contribution in [0.4, 0.5) is 0 Å². The van der Waals surface area contributed by atoms with Crippen molar-refractivity contribution in [2.24, 2.45) is 0 Å². The molecule has 0 radical (unpaired) electrons. The number of aryl methyl sites for hydroxylation is 1. The summed E-state index contributed by atoms with van der Waals surface area (Å²) in [5, 5.41) is 0.861. The van der Waals surface area contributed by atoms with Gasteiger partial charge in [0.05, 0.1) is 15.8 Å². The van der Waals surface area contributed by atoms with Crippen molar-refractivity contribution in [1.82, 2.24) is 0 Å². The summed E-state index contributed by atoms with van der Waals surface area (Å²) in [6.07, 6.45) is 0.336. The van der Waals surface area contributed by atoms with Crippen molar-refractivity contribution in [3.63, 3.8) is 0 Å². The minimum absolute atomic E-state index is 0.105. The van der Waals surface area contributed by atoms with E-state index in [0.29, 0.717) is 16.5 Å². The summed E-state index contributed by atoms with van der Waals surface area (Å²) >= 11 is 11.4. The van der Waals surface area contributed by atoms with Crippen LogP contribution in [0.3, 0.4) is 0 Å². The summed E-state index contributed by atoms with van der Waals surface area (Å²) in [6.45, 7) is 0. The highest BCUT2D eigenvalue weighted by atomic mass is 35.7. The monoisotopic (exact) mass is 272 g/mol. The molecule has 78 valence electrons. The number of hydrogen-bond acceptors (Lipinski definition) is 2. The molecule has 0 spiro atoms. The van der Waals surface area contributed by atoms with Crippen LogP contribution in [-0.4, -0.2) is 14.2 Å². The quantitative estimate of drug-likeness (QED) is 0.793. The molecule has 1 rings (SSSR count). The zero-order valence-corrected chi connectivity index (χ0v) is 10.1. The SMILES string of the molecule is O=S(=O)(Cl)CCc1ccc(Cl)c(Cl)c1. The average molecular weight is 274 g/mol. The van der Waals surface area contributed by atoms with E-state index in [4.69, 9.17) is 33.9 Å². The first-order valence-corrected chi connectivity index (χ1v) is 6.98. The molecule has 0 saturated carbocycles. The molecular formula is C8H7Cl3O2S. The standard InChI is InChI=1S/C8H7Cl3O2S/c9-7-2-1-6(5-8(7)10)3-4-14(11,12)13/h1-2,5H,3-4H2. The van der Waals surface area contributed by atoms with Gasteiger partial charge >= 0.3 is 0 Å². The molecule has 1 aromatic rings. The maximum atomic E-state index is 10.7. The van der Waals surface area contributed by atoms with Gasteiger partial charge in [0, 0.05) is 10.7 Å². The summed E-state index contributed by atoms with van der Waals surface area (Å²) in [6, 6.07) is 4.97. The number of rotatable bonds is 3. The minimum atomic E-state index is -3.45. The Morgan fingerprint density at radius 2 is 1.79 bits per heavy atom. The van der Waals surface area contributed by atoms with Crippen molar-refractivity contribution in [3.8, 4) is 0 Å². The molecule has 0 bridgehead atoms. The van der Waals surface area contributed by atoms with Crippen LogP contribution < -0.4 is 0 Å². The maximum absolute atomic E-state index is 10.7. The second-order valence-corrected chi connectivity index (χ2v) is 6.45. The fraction of sp³-hybridized carbons (Fsp3) is 0.250. The smallest absolute Gasteiger partial charge is 0.212 e. The number of halogens is 3. The van der Waals surface area contributed by atoms with Gasteiger partial charge in [-0.3, -0.25) is 0 Å². The Labute approximate surface area is 97.2 Å². The van der Waals surface area contributed by atoms with Gasteiger partial charge in [0.1, 0.15) is 0 Å². The van der Waals surface area contributed by atoms with E-state index in [9.17, 15) is 8.42 Å². The molecule has 0 aliphatic carbocycles. The first-order chi connectivity index (χ1) is 6.38. The second kappa shape index (κ2) is 4.71. The third kappa shape index (κ3) is 4.05. The van der Waals surface area contributed by atoms with Gasteiger partial charge in [0.2, 0.25) is 9.05 Å². The van der Waals surface area contributed by atoms with Crippen LogP contribution in [0, 0.1) is 0 Å². The van der Waals surface area contributed by atoms with Crippen LogP contribution in [0.2, 0.25) is 10.0 Å². The van der Waals surface area contributed by atoms with Gasteiger partial charge in [-0.05, 0) is 24.1 Å². The van der Waals surface area contributed by atoms with Crippen molar-refractivity contribution in [2.75, 3.05) is 5.75 Å². The first-order valence-electron chi connectivity index (χ1n) is 3.75. The molecule has 0 aromatic heterocycles. The van der Waals surface area contributed by atoms with Crippen molar-refractivity contribution >= 4 is 42.9 Å². The minimum Gasteiger partial charge on any atom is -0.212 e. The lowest BCUT2D eigenvalue weighted by atomic mass is 10.2. The zero-order chi connectivity index (χ0) is 10.8. The van der Waals surface area contributed by atoms with Crippen LogP contribution in [0.1, 0.15) is 5.56 Å². The Kier molecular flexibility index (Phi) is 4.07. The first kappa shape index (κ1) is 12.1. The van der Waals surface area contributed by atoms with Gasteiger partial charge in [-0.1, -0.05) is 29.3 Å². The van der Waals surface area contributed by atoms with Gasteiger partial charge in [-0.25, -0.2) is 8.42 Å². The molecule has 0 saturated heterocycles. The Morgan fingerprint density at radius 1 is 1.14 bits per heavy atom. The van der Waals surface area contributed by atoms with E-state index in [1.54, 1.807) is 18.2 Å². The van der Waals surface area contributed by atoms with E-state index in [2.05, 4.69) is 0 Å². The van der Waals surface area contributed by atoms with Gasteiger partial charge < -0.3 is 0 Å². The van der Waals surface area contributed by atoms with Crippen LogP contribution in [-0.2, 0) is 15.5 Å². The topological polar surface area (TPSA) is 34.1 Å². The molecular weight excluding hydrogens is 267 g/mol. The largest absolute Gasteiger partial charge is 0.232 e. The van der Waals surface area contributed by atoms with Gasteiger partial charge in [0.15, 0.2) is 0 Å². The predicted molar refractivity (Wildman–Crippen MR) is 59.8 cm³/mol. The highest BCUT2D eigenvalue weighted by Crippen LogP contribution is 2.23. The molecule has 0 amide bonds. The van der Waals surface area contributed by atoms with E-state index < -0.39 is 9.05 Å². The number of benzene rings is 1. The van der Waals surface area contributed by atoms with Crippen molar-refractivity contribution in [3.05, 3.63) is 33.8 Å². The van der Waals surface area contributed by atoms with Gasteiger partial charge in [0.25, 0.3) is 0 Å². The van der Waals surface area contributed by atoms with Gasteiger partial charge in [-0.15, -0.1) is 0 Å². The van der Waals surface area contributed by atoms with Crippen molar-refractivity contribution in [1.29, 1.82) is 0 Å². The Balaban J connectivity index is 2.74. The third-order valence-corrected chi connectivity index (χ3v) is 3.51. The second-order valence-electron chi connectivity index (χ2n) is 2.74. The summed E-state index contributed by atoms with van der Waals surface area (Å²) in [7, 11) is 1.62. The van der Waals surface area contributed by atoms with Crippen LogP contribution in [0.25, 0.3) is 0 Å². The molecule has 0 N–H and O–H groups in total. The fourth-order valence-electron chi connectivity index (χ4n) is 0.935. The molecule has 2 nitrogen and oxygen atoms in total. The molecule has 0 heterocycles. The lowest BCUT2D eigenvalue weighted by molar-refractivity contribution is 0.609. The average Bonchev–Trinajstić information content (AvgIpc) is 2.06. The molecule has 0 aliphatic rings. The summed E-state index contributed by atoms with van der Waals surface area (Å²) in [5.41, 5.74) is 0.795. The molecule has 1 aromatic carbocycles. The Morgan fingerprint density at radius 3 is 2.29 bits per heavy atom. The molecule has 14 heavy (non-hydrogen) atoms. The van der Waals surface area contributed by atoms with E-state index >= 15 is 0 Å². The molecule has 0 aliphatic heterocycles. The van der Waals surface area contributed by atoms with Crippen LogP contribution >= 0.6 is 33.9 Å². The summed E-state index contributed by atoms with van der Waals surface area (Å²) < 4.78 is 21.3. The zero-order valence-electron chi connectivity index (χ0n) is 7.00. The van der Waals surface area contributed by atoms with Crippen molar-refractivity contribution < 1.29 is 8.42 Å². The van der Waals surface area contributed by atoms with E-state index in [1.165, 1.54) is 0 Å². The number of hydrogen-bond donors (Lipinski definition) is 0. The summed E-state index contributed by atoms with van der Waals surface area (Å²) in [5.74, 6) is -0.105. The maximum Gasteiger partial charge on any atom is 0.232 e. The summed E-state index contributed by atoms with van der Waals surface area (Å²) in [4.78, 5) is 0. The Hall–Kier alpha value is 0.0400. The Bertz CT molecular complexity index is 428. The fourth-order valence-corrected chi connectivity index (χ4v) is 1.97. The normalized spacial score (nSPS) is 11.6. The molecule has 6 heteroatoms. The third-order valence-electron chi connectivity index (χ3n) is 1.62.